The van der Waals surface area contributed by atoms with E-state index in [9.17, 15) is 5.11 Å². The summed E-state index contributed by atoms with van der Waals surface area (Å²) in [6.45, 7) is 6.85. The lowest BCUT2D eigenvalue weighted by Gasteiger charge is -2.13. The average molecular weight is 293 g/mol. The van der Waals surface area contributed by atoms with Gasteiger partial charge in [0.25, 0.3) is 0 Å². The Morgan fingerprint density at radius 1 is 1.10 bits per heavy atom. The van der Waals surface area contributed by atoms with Crippen LogP contribution in [0.25, 0.3) is 0 Å². The van der Waals surface area contributed by atoms with Gasteiger partial charge in [-0.1, -0.05) is 38.1 Å². The molecule has 21 heavy (non-hydrogen) atoms. The van der Waals surface area contributed by atoms with Crippen LogP contribution in [0.15, 0.2) is 24.3 Å². The van der Waals surface area contributed by atoms with Crippen LogP contribution in [-0.2, 0) is 11.2 Å². The predicted octanol–water partition coefficient (Wildman–Crippen LogP) is 3.32. The van der Waals surface area contributed by atoms with E-state index in [1.54, 1.807) is 7.11 Å². The highest BCUT2D eigenvalue weighted by atomic mass is 16.5. The zero-order chi connectivity index (χ0) is 15.5. The van der Waals surface area contributed by atoms with Gasteiger partial charge in [-0.15, -0.1) is 0 Å². The first-order valence-corrected chi connectivity index (χ1v) is 8.10. The summed E-state index contributed by atoms with van der Waals surface area (Å²) in [4.78, 5) is 0. The van der Waals surface area contributed by atoms with Crippen LogP contribution < -0.4 is 5.32 Å². The van der Waals surface area contributed by atoms with Gasteiger partial charge in [0, 0.05) is 20.3 Å². The summed E-state index contributed by atoms with van der Waals surface area (Å²) in [5, 5.41) is 13.5. The monoisotopic (exact) mass is 293 g/mol. The number of nitrogens with one attached hydrogen (secondary N) is 1. The molecule has 0 aliphatic rings. The smallest absolute Gasteiger partial charge is 0.0914 e. The zero-order valence-electron chi connectivity index (χ0n) is 13.8. The molecule has 1 aromatic rings. The first kappa shape index (κ1) is 18.1. The minimum Gasteiger partial charge on any atom is -0.387 e. The number of benzene rings is 1. The standard InChI is InChI=1S/C18H31NO2/c1-15(2)13-16-7-9-17(10-8-16)18(20)14-19-11-5-4-6-12-21-3/h7-10,15,18-20H,4-6,11-14H2,1-3H3. The van der Waals surface area contributed by atoms with Crippen molar-refractivity contribution in [3.63, 3.8) is 0 Å². The summed E-state index contributed by atoms with van der Waals surface area (Å²) < 4.78 is 5.02. The van der Waals surface area contributed by atoms with Crippen molar-refractivity contribution in [2.45, 2.75) is 45.6 Å². The maximum absolute atomic E-state index is 10.2. The van der Waals surface area contributed by atoms with Crippen molar-refractivity contribution >= 4 is 0 Å². The minimum atomic E-state index is -0.419. The fraction of sp³-hybridized carbons (Fsp3) is 0.667. The fourth-order valence-corrected chi connectivity index (χ4v) is 2.38. The van der Waals surface area contributed by atoms with E-state index in [0.29, 0.717) is 12.5 Å². The summed E-state index contributed by atoms with van der Waals surface area (Å²) in [5.74, 6) is 0.667. The number of methoxy groups -OCH3 is 1. The highest BCUT2D eigenvalue weighted by molar-refractivity contribution is 5.24. The van der Waals surface area contributed by atoms with E-state index < -0.39 is 6.10 Å². The van der Waals surface area contributed by atoms with Crippen LogP contribution in [0.5, 0.6) is 0 Å². The number of aliphatic hydroxyl groups is 1. The molecule has 0 amide bonds. The summed E-state index contributed by atoms with van der Waals surface area (Å²) >= 11 is 0. The molecule has 0 bridgehead atoms. The molecular formula is C18H31NO2. The lowest BCUT2D eigenvalue weighted by molar-refractivity contribution is 0.173. The van der Waals surface area contributed by atoms with Crippen molar-refractivity contribution in [1.29, 1.82) is 0 Å². The van der Waals surface area contributed by atoms with Crippen LogP contribution in [0.2, 0.25) is 0 Å². The number of rotatable bonds is 11. The number of aliphatic hydroxyl groups excluding tert-OH is 1. The molecule has 3 heteroatoms. The van der Waals surface area contributed by atoms with Crippen molar-refractivity contribution in [2.75, 3.05) is 26.8 Å². The second-order valence-electron chi connectivity index (χ2n) is 6.11. The Hall–Kier alpha value is -0.900. The molecule has 1 atom stereocenters. The van der Waals surface area contributed by atoms with Gasteiger partial charge in [0.2, 0.25) is 0 Å². The van der Waals surface area contributed by atoms with Crippen LogP contribution >= 0.6 is 0 Å². The Balaban J connectivity index is 2.21. The molecule has 0 saturated heterocycles. The van der Waals surface area contributed by atoms with Gasteiger partial charge in [-0.2, -0.15) is 0 Å². The van der Waals surface area contributed by atoms with E-state index in [0.717, 1.165) is 38.0 Å². The van der Waals surface area contributed by atoms with Crippen molar-refractivity contribution in [3.05, 3.63) is 35.4 Å². The molecule has 1 unspecified atom stereocenters. The number of hydrogen-bond donors (Lipinski definition) is 2. The number of ether oxygens (including phenoxy) is 1. The Labute approximate surface area is 129 Å². The SMILES string of the molecule is COCCCCCNCC(O)c1ccc(CC(C)C)cc1. The van der Waals surface area contributed by atoms with Gasteiger partial charge < -0.3 is 15.2 Å². The third-order valence-corrected chi connectivity index (χ3v) is 3.55. The molecule has 0 aliphatic heterocycles. The normalized spacial score (nSPS) is 12.8. The lowest BCUT2D eigenvalue weighted by atomic mass is 10.0. The van der Waals surface area contributed by atoms with Crippen LogP contribution in [0.3, 0.4) is 0 Å². The van der Waals surface area contributed by atoms with Gasteiger partial charge in [-0.25, -0.2) is 0 Å². The second-order valence-corrected chi connectivity index (χ2v) is 6.11. The van der Waals surface area contributed by atoms with Crippen molar-refractivity contribution in [2.24, 2.45) is 5.92 Å². The molecule has 0 spiro atoms. The topological polar surface area (TPSA) is 41.5 Å². The molecule has 0 aromatic heterocycles. The van der Waals surface area contributed by atoms with Crippen LogP contribution in [0, 0.1) is 5.92 Å². The highest BCUT2D eigenvalue weighted by Crippen LogP contribution is 2.15. The minimum absolute atomic E-state index is 0.419. The summed E-state index contributed by atoms with van der Waals surface area (Å²) in [5.41, 5.74) is 2.33. The first-order chi connectivity index (χ1) is 10.1. The average Bonchev–Trinajstić information content (AvgIpc) is 2.46. The summed E-state index contributed by atoms with van der Waals surface area (Å²) in [7, 11) is 1.74. The van der Waals surface area contributed by atoms with Crippen LogP contribution in [0.4, 0.5) is 0 Å². The summed E-state index contributed by atoms with van der Waals surface area (Å²) in [6, 6.07) is 8.35. The Kier molecular flexibility index (Phi) is 9.31. The molecule has 2 N–H and O–H groups in total. The van der Waals surface area contributed by atoms with E-state index >= 15 is 0 Å². The fourth-order valence-electron chi connectivity index (χ4n) is 2.38. The van der Waals surface area contributed by atoms with Gasteiger partial charge in [-0.05, 0) is 49.3 Å². The van der Waals surface area contributed by atoms with Crippen LogP contribution in [0.1, 0.15) is 50.3 Å². The molecule has 0 saturated carbocycles. The molecule has 0 fully saturated rings. The number of hydrogen-bond acceptors (Lipinski definition) is 3. The van der Waals surface area contributed by atoms with Crippen molar-refractivity contribution in [3.8, 4) is 0 Å². The molecule has 120 valence electrons. The van der Waals surface area contributed by atoms with Crippen molar-refractivity contribution in [1.82, 2.24) is 5.32 Å². The predicted molar refractivity (Wildman–Crippen MR) is 88.5 cm³/mol. The van der Waals surface area contributed by atoms with E-state index in [4.69, 9.17) is 4.74 Å². The van der Waals surface area contributed by atoms with E-state index in [1.165, 1.54) is 12.0 Å². The molecule has 0 heterocycles. The molecule has 0 aliphatic carbocycles. The summed E-state index contributed by atoms with van der Waals surface area (Å²) in [6.07, 6.45) is 4.08. The third-order valence-electron chi connectivity index (χ3n) is 3.55. The molecule has 1 rings (SSSR count). The molecular weight excluding hydrogens is 262 g/mol. The van der Waals surface area contributed by atoms with Gasteiger partial charge in [0.15, 0.2) is 0 Å². The quantitative estimate of drug-likeness (QED) is 0.615. The Morgan fingerprint density at radius 3 is 2.43 bits per heavy atom. The maximum atomic E-state index is 10.2. The molecule has 3 nitrogen and oxygen atoms in total. The molecule has 0 radical (unpaired) electrons. The van der Waals surface area contributed by atoms with Crippen LogP contribution in [-0.4, -0.2) is 31.9 Å². The van der Waals surface area contributed by atoms with Gasteiger partial charge >= 0.3 is 0 Å². The number of unbranched alkanes of at least 4 members (excludes halogenated alkanes) is 2. The van der Waals surface area contributed by atoms with Gasteiger partial charge in [0.1, 0.15) is 0 Å². The van der Waals surface area contributed by atoms with Gasteiger partial charge in [0.05, 0.1) is 6.10 Å². The largest absolute Gasteiger partial charge is 0.387 e. The van der Waals surface area contributed by atoms with Gasteiger partial charge in [-0.3, -0.25) is 0 Å². The van der Waals surface area contributed by atoms with E-state index in [2.05, 4.69) is 31.3 Å². The first-order valence-electron chi connectivity index (χ1n) is 8.10. The van der Waals surface area contributed by atoms with Crippen molar-refractivity contribution < 1.29 is 9.84 Å². The van der Waals surface area contributed by atoms with E-state index in [1.807, 2.05) is 12.1 Å². The lowest BCUT2D eigenvalue weighted by Crippen LogP contribution is -2.22. The Bertz CT molecular complexity index is 362. The third kappa shape index (κ3) is 8.20. The second kappa shape index (κ2) is 10.8. The van der Waals surface area contributed by atoms with E-state index in [-0.39, 0.29) is 0 Å². The Morgan fingerprint density at radius 2 is 1.81 bits per heavy atom. The maximum Gasteiger partial charge on any atom is 0.0914 e. The zero-order valence-corrected chi connectivity index (χ0v) is 13.8. The highest BCUT2D eigenvalue weighted by Gasteiger charge is 2.07. The molecule has 1 aromatic carbocycles.